The molecule has 90 valence electrons. The number of hydrogen-bond donors (Lipinski definition) is 2. The Morgan fingerprint density at radius 2 is 2.38 bits per heavy atom. The van der Waals surface area contributed by atoms with Gasteiger partial charge in [-0.15, -0.1) is 11.3 Å². The minimum atomic E-state index is -0.355. The van der Waals surface area contributed by atoms with Crippen LogP contribution in [-0.2, 0) is 11.3 Å². The molecule has 1 rings (SSSR count). The average Bonchev–Trinajstić information content (AvgIpc) is 2.79. The summed E-state index contributed by atoms with van der Waals surface area (Å²) in [7, 11) is 0. The van der Waals surface area contributed by atoms with E-state index >= 15 is 0 Å². The highest BCUT2D eigenvalue weighted by molar-refractivity contribution is 7.09. The van der Waals surface area contributed by atoms with Crippen LogP contribution in [0.5, 0.6) is 0 Å². The Balaban J connectivity index is 2.18. The van der Waals surface area contributed by atoms with Gasteiger partial charge in [-0.2, -0.15) is 0 Å². The third-order valence-electron chi connectivity index (χ3n) is 2.47. The monoisotopic (exact) mass is 240 g/mol. The van der Waals surface area contributed by atoms with Gasteiger partial charge in [-0.25, -0.2) is 0 Å². The molecule has 0 bridgehead atoms. The minimum absolute atomic E-state index is 0.0375. The van der Waals surface area contributed by atoms with E-state index in [0.717, 1.165) is 30.6 Å². The fourth-order valence-corrected chi connectivity index (χ4v) is 2.11. The molecule has 1 aromatic heterocycles. The van der Waals surface area contributed by atoms with Crippen molar-refractivity contribution in [2.24, 2.45) is 5.73 Å². The number of carbonyl (C=O) groups is 1. The lowest BCUT2D eigenvalue weighted by Gasteiger charge is -2.11. The van der Waals surface area contributed by atoms with Crippen molar-refractivity contribution in [3.63, 3.8) is 0 Å². The summed E-state index contributed by atoms with van der Waals surface area (Å²) in [4.78, 5) is 12.8. The lowest BCUT2D eigenvalue weighted by Crippen LogP contribution is -2.40. The van der Waals surface area contributed by atoms with Crippen molar-refractivity contribution in [1.82, 2.24) is 5.32 Å². The van der Waals surface area contributed by atoms with Gasteiger partial charge in [0, 0.05) is 4.88 Å². The number of unbranched alkanes of at least 4 members (excludes halogenated alkanes) is 2. The molecule has 1 atom stereocenters. The largest absolute Gasteiger partial charge is 0.350 e. The van der Waals surface area contributed by atoms with E-state index in [1.165, 1.54) is 0 Å². The molecule has 0 aliphatic carbocycles. The Labute approximate surface area is 101 Å². The molecule has 0 saturated heterocycles. The van der Waals surface area contributed by atoms with Gasteiger partial charge < -0.3 is 11.1 Å². The van der Waals surface area contributed by atoms with Crippen LogP contribution in [0.1, 0.15) is 37.5 Å². The van der Waals surface area contributed by atoms with E-state index in [9.17, 15) is 4.79 Å². The molecule has 4 heteroatoms. The van der Waals surface area contributed by atoms with Gasteiger partial charge in [0.2, 0.25) is 5.91 Å². The van der Waals surface area contributed by atoms with Crippen LogP contribution in [0.15, 0.2) is 17.5 Å². The first-order chi connectivity index (χ1) is 7.74. The molecular weight excluding hydrogens is 220 g/mol. The van der Waals surface area contributed by atoms with Crippen LogP contribution >= 0.6 is 11.3 Å². The Hall–Kier alpha value is -0.870. The highest BCUT2D eigenvalue weighted by atomic mass is 32.1. The SMILES string of the molecule is CCCCC[C@H](N)C(=O)NCc1cccs1. The summed E-state index contributed by atoms with van der Waals surface area (Å²) in [5, 5.41) is 4.86. The molecule has 0 unspecified atom stereocenters. The first-order valence-electron chi connectivity index (χ1n) is 5.79. The number of nitrogens with one attached hydrogen (secondary N) is 1. The van der Waals surface area contributed by atoms with Crippen LogP contribution in [0.2, 0.25) is 0 Å². The zero-order chi connectivity index (χ0) is 11.8. The van der Waals surface area contributed by atoms with Crippen LogP contribution in [0.25, 0.3) is 0 Å². The topological polar surface area (TPSA) is 55.1 Å². The van der Waals surface area contributed by atoms with Crippen LogP contribution in [0.3, 0.4) is 0 Å². The molecule has 3 N–H and O–H groups in total. The Morgan fingerprint density at radius 3 is 3.00 bits per heavy atom. The van der Waals surface area contributed by atoms with E-state index in [1.807, 2.05) is 17.5 Å². The molecule has 0 aromatic carbocycles. The number of rotatable bonds is 7. The maximum atomic E-state index is 11.6. The van der Waals surface area contributed by atoms with Crippen molar-refractivity contribution in [2.45, 2.75) is 45.2 Å². The number of hydrogen-bond acceptors (Lipinski definition) is 3. The highest BCUT2D eigenvalue weighted by Gasteiger charge is 2.12. The van der Waals surface area contributed by atoms with Crippen LogP contribution in [0.4, 0.5) is 0 Å². The predicted octanol–water partition coefficient (Wildman–Crippen LogP) is 2.27. The van der Waals surface area contributed by atoms with Gasteiger partial charge in [0.05, 0.1) is 12.6 Å². The predicted molar refractivity (Wildman–Crippen MR) is 68.3 cm³/mol. The third-order valence-corrected chi connectivity index (χ3v) is 3.35. The lowest BCUT2D eigenvalue weighted by atomic mass is 10.1. The molecule has 1 heterocycles. The molecule has 16 heavy (non-hydrogen) atoms. The smallest absolute Gasteiger partial charge is 0.237 e. The number of amides is 1. The molecule has 0 aliphatic rings. The Bertz CT molecular complexity index is 298. The van der Waals surface area contributed by atoms with Crippen LogP contribution < -0.4 is 11.1 Å². The Kier molecular flexibility index (Phi) is 6.11. The second kappa shape index (κ2) is 7.41. The van der Waals surface area contributed by atoms with Crippen LogP contribution in [0, 0.1) is 0 Å². The van der Waals surface area contributed by atoms with Crippen molar-refractivity contribution < 1.29 is 4.79 Å². The van der Waals surface area contributed by atoms with Crippen molar-refractivity contribution in [1.29, 1.82) is 0 Å². The number of nitrogens with two attached hydrogens (primary N) is 1. The fourth-order valence-electron chi connectivity index (χ4n) is 1.46. The maximum Gasteiger partial charge on any atom is 0.237 e. The molecule has 0 radical (unpaired) electrons. The molecule has 0 fully saturated rings. The standard InChI is InChI=1S/C12H20N2OS/c1-2-3-4-7-11(13)12(15)14-9-10-6-5-8-16-10/h5-6,8,11H,2-4,7,9,13H2,1H3,(H,14,15)/t11-/m0/s1. The molecule has 0 aliphatic heterocycles. The van der Waals surface area contributed by atoms with E-state index in [1.54, 1.807) is 11.3 Å². The van der Waals surface area contributed by atoms with Crippen molar-refractivity contribution >= 4 is 17.2 Å². The van der Waals surface area contributed by atoms with E-state index in [4.69, 9.17) is 5.73 Å². The van der Waals surface area contributed by atoms with Gasteiger partial charge in [-0.05, 0) is 17.9 Å². The first kappa shape index (κ1) is 13.2. The van der Waals surface area contributed by atoms with Crippen molar-refractivity contribution in [2.75, 3.05) is 0 Å². The fraction of sp³-hybridized carbons (Fsp3) is 0.583. The molecule has 3 nitrogen and oxygen atoms in total. The van der Waals surface area contributed by atoms with Crippen molar-refractivity contribution in [3.05, 3.63) is 22.4 Å². The van der Waals surface area contributed by atoms with E-state index < -0.39 is 0 Å². The first-order valence-corrected chi connectivity index (χ1v) is 6.67. The van der Waals surface area contributed by atoms with E-state index in [-0.39, 0.29) is 11.9 Å². The van der Waals surface area contributed by atoms with Crippen molar-refractivity contribution in [3.8, 4) is 0 Å². The Morgan fingerprint density at radius 1 is 1.56 bits per heavy atom. The molecule has 1 aromatic rings. The normalized spacial score (nSPS) is 12.4. The van der Waals surface area contributed by atoms with Gasteiger partial charge in [0.25, 0.3) is 0 Å². The van der Waals surface area contributed by atoms with Gasteiger partial charge in [-0.1, -0.05) is 32.3 Å². The lowest BCUT2D eigenvalue weighted by molar-refractivity contribution is -0.122. The summed E-state index contributed by atoms with van der Waals surface area (Å²) in [6.45, 7) is 2.74. The van der Waals surface area contributed by atoms with Gasteiger partial charge >= 0.3 is 0 Å². The second-order valence-corrected chi connectivity index (χ2v) is 4.93. The zero-order valence-electron chi connectivity index (χ0n) is 9.74. The molecule has 0 spiro atoms. The molecule has 0 saturated carbocycles. The summed E-state index contributed by atoms with van der Waals surface area (Å²) in [6, 6.07) is 3.63. The van der Waals surface area contributed by atoms with Gasteiger partial charge in [-0.3, -0.25) is 4.79 Å². The van der Waals surface area contributed by atoms with E-state index in [2.05, 4.69) is 12.2 Å². The quantitative estimate of drug-likeness (QED) is 0.718. The summed E-state index contributed by atoms with van der Waals surface area (Å²) >= 11 is 1.64. The third kappa shape index (κ3) is 4.77. The minimum Gasteiger partial charge on any atom is -0.350 e. The van der Waals surface area contributed by atoms with Gasteiger partial charge in [0.1, 0.15) is 0 Å². The van der Waals surface area contributed by atoms with E-state index in [0.29, 0.717) is 6.54 Å². The molecule has 1 amide bonds. The van der Waals surface area contributed by atoms with Crippen LogP contribution in [-0.4, -0.2) is 11.9 Å². The maximum absolute atomic E-state index is 11.6. The number of carbonyl (C=O) groups excluding carboxylic acids is 1. The summed E-state index contributed by atoms with van der Waals surface area (Å²) in [5.41, 5.74) is 5.79. The summed E-state index contributed by atoms with van der Waals surface area (Å²) < 4.78 is 0. The highest BCUT2D eigenvalue weighted by Crippen LogP contribution is 2.08. The molecular formula is C12H20N2OS. The second-order valence-electron chi connectivity index (χ2n) is 3.90. The summed E-state index contributed by atoms with van der Waals surface area (Å²) in [6.07, 6.45) is 4.11. The number of thiophene rings is 1. The van der Waals surface area contributed by atoms with Gasteiger partial charge in [0.15, 0.2) is 0 Å². The average molecular weight is 240 g/mol. The summed E-state index contributed by atoms with van der Waals surface area (Å²) in [5.74, 6) is -0.0375. The zero-order valence-corrected chi connectivity index (χ0v) is 10.6.